The zero-order valence-corrected chi connectivity index (χ0v) is 9.40. The van der Waals surface area contributed by atoms with Gasteiger partial charge in [-0.15, -0.1) is 0 Å². The van der Waals surface area contributed by atoms with E-state index in [4.69, 9.17) is 11.5 Å². The van der Waals surface area contributed by atoms with Crippen LogP contribution in [-0.4, -0.2) is 15.5 Å². The quantitative estimate of drug-likeness (QED) is 0.754. The van der Waals surface area contributed by atoms with Gasteiger partial charge < -0.3 is 16.0 Å². The van der Waals surface area contributed by atoms with Crippen LogP contribution < -0.4 is 11.5 Å². The van der Waals surface area contributed by atoms with Gasteiger partial charge in [-0.05, 0) is 20.8 Å². The van der Waals surface area contributed by atoms with Crippen molar-refractivity contribution in [3.05, 3.63) is 18.2 Å². The molecule has 1 aromatic heterocycles. The highest BCUT2D eigenvalue weighted by Crippen LogP contribution is 2.20. The fourth-order valence-electron chi connectivity index (χ4n) is 1.35. The van der Waals surface area contributed by atoms with Gasteiger partial charge in [0, 0.05) is 18.8 Å². The Bertz CT molecular complexity index is 354. The summed E-state index contributed by atoms with van der Waals surface area (Å²) in [4.78, 5) is 15.2. The third-order valence-electron chi connectivity index (χ3n) is 2.44. The van der Waals surface area contributed by atoms with Crippen molar-refractivity contribution in [3.63, 3.8) is 0 Å². The molecule has 0 aromatic carbocycles. The first-order chi connectivity index (χ1) is 6.84. The second-order valence-corrected chi connectivity index (χ2v) is 4.48. The van der Waals surface area contributed by atoms with Crippen LogP contribution in [0.15, 0.2) is 12.5 Å². The van der Waals surface area contributed by atoms with Crippen molar-refractivity contribution in [1.29, 1.82) is 0 Å². The number of rotatable bonds is 4. The van der Waals surface area contributed by atoms with Crippen LogP contribution >= 0.6 is 0 Å². The summed E-state index contributed by atoms with van der Waals surface area (Å²) in [5.41, 5.74) is 11.4. The number of nitrogens with two attached hydrogens (primary N) is 2. The van der Waals surface area contributed by atoms with Crippen LogP contribution in [0.2, 0.25) is 0 Å². The highest BCUT2D eigenvalue weighted by Gasteiger charge is 2.26. The van der Waals surface area contributed by atoms with Gasteiger partial charge in [-0.25, -0.2) is 4.98 Å². The van der Waals surface area contributed by atoms with Crippen LogP contribution in [0.4, 0.5) is 0 Å². The van der Waals surface area contributed by atoms with E-state index in [1.807, 2.05) is 11.5 Å². The van der Waals surface area contributed by atoms with E-state index < -0.39 is 5.41 Å². The second-order valence-electron chi connectivity index (χ2n) is 4.48. The lowest BCUT2D eigenvalue weighted by Gasteiger charge is -2.22. The summed E-state index contributed by atoms with van der Waals surface area (Å²) in [5.74, 6) is -0.327. The molecule has 0 radical (unpaired) electrons. The Morgan fingerprint density at radius 1 is 1.67 bits per heavy atom. The summed E-state index contributed by atoms with van der Waals surface area (Å²) >= 11 is 0. The molecule has 1 heterocycles. The molecule has 5 nitrogen and oxygen atoms in total. The van der Waals surface area contributed by atoms with Gasteiger partial charge >= 0.3 is 0 Å². The lowest BCUT2D eigenvalue weighted by Crippen LogP contribution is -2.36. The number of hydrogen-bond donors (Lipinski definition) is 2. The molecule has 0 unspecified atom stereocenters. The van der Waals surface area contributed by atoms with Crippen molar-refractivity contribution >= 4 is 5.91 Å². The van der Waals surface area contributed by atoms with E-state index >= 15 is 0 Å². The fraction of sp³-hybridized carbons (Fsp3) is 0.600. The molecule has 15 heavy (non-hydrogen) atoms. The van der Waals surface area contributed by atoms with Crippen LogP contribution in [0.25, 0.3) is 0 Å². The van der Waals surface area contributed by atoms with Gasteiger partial charge in [0.25, 0.3) is 0 Å². The molecule has 1 amide bonds. The number of aromatic nitrogens is 2. The van der Waals surface area contributed by atoms with Gasteiger partial charge in [-0.1, -0.05) is 0 Å². The van der Waals surface area contributed by atoms with Crippen LogP contribution in [0.1, 0.15) is 32.5 Å². The molecular weight excluding hydrogens is 192 g/mol. The Hall–Kier alpha value is -1.36. The second kappa shape index (κ2) is 4.02. The Kier molecular flexibility index (Phi) is 3.14. The van der Waals surface area contributed by atoms with Gasteiger partial charge in [-0.3, -0.25) is 4.79 Å². The minimum absolute atomic E-state index is 0.101. The maximum absolute atomic E-state index is 11.2. The Balaban J connectivity index is 2.90. The van der Waals surface area contributed by atoms with E-state index in [0.717, 1.165) is 5.69 Å². The largest absolute Gasteiger partial charge is 0.369 e. The fourth-order valence-corrected chi connectivity index (χ4v) is 1.35. The van der Waals surface area contributed by atoms with Crippen molar-refractivity contribution in [1.82, 2.24) is 9.55 Å². The molecule has 0 aliphatic rings. The summed E-state index contributed by atoms with van der Waals surface area (Å²) in [6.07, 6.45) is 3.38. The molecular formula is C10H18N4O. The molecule has 1 aromatic rings. The van der Waals surface area contributed by atoms with Gasteiger partial charge in [0.15, 0.2) is 0 Å². The number of imidazole rings is 1. The summed E-state index contributed by atoms with van der Waals surface area (Å²) in [6.45, 7) is 5.99. The maximum atomic E-state index is 11.2. The number of hydrogen-bond acceptors (Lipinski definition) is 3. The first-order valence-corrected chi connectivity index (χ1v) is 4.90. The first kappa shape index (κ1) is 11.7. The minimum Gasteiger partial charge on any atom is -0.369 e. The van der Waals surface area contributed by atoms with E-state index in [2.05, 4.69) is 4.98 Å². The standard InChI is InChI=1S/C10H18N4O/c1-7(11)8-4-13-6-14(8)5-10(2,3)9(12)15/h4,6-7H,5,11H2,1-3H3,(H2,12,15)/t7-/m0/s1. The summed E-state index contributed by atoms with van der Waals surface area (Å²) in [5, 5.41) is 0. The molecule has 0 bridgehead atoms. The Labute approximate surface area is 89.5 Å². The number of carbonyl (C=O) groups is 1. The number of nitrogens with zero attached hydrogens (tertiary/aromatic N) is 2. The predicted molar refractivity (Wildman–Crippen MR) is 57.8 cm³/mol. The van der Waals surface area contributed by atoms with Crippen molar-refractivity contribution < 1.29 is 4.79 Å². The first-order valence-electron chi connectivity index (χ1n) is 4.90. The lowest BCUT2D eigenvalue weighted by atomic mass is 9.92. The molecule has 0 aliphatic heterocycles. The van der Waals surface area contributed by atoms with Gasteiger partial charge in [-0.2, -0.15) is 0 Å². The van der Waals surface area contributed by atoms with Crippen LogP contribution in [0.3, 0.4) is 0 Å². The summed E-state index contributed by atoms with van der Waals surface area (Å²) in [7, 11) is 0. The number of primary amides is 1. The lowest BCUT2D eigenvalue weighted by molar-refractivity contribution is -0.126. The molecule has 0 fully saturated rings. The number of amides is 1. The van der Waals surface area contributed by atoms with Gasteiger partial charge in [0.05, 0.1) is 17.4 Å². The third kappa shape index (κ3) is 2.56. The molecule has 84 valence electrons. The van der Waals surface area contributed by atoms with Crippen molar-refractivity contribution in [2.45, 2.75) is 33.4 Å². The zero-order chi connectivity index (χ0) is 11.6. The molecule has 1 rings (SSSR count). The monoisotopic (exact) mass is 210 g/mol. The van der Waals surface area contributed by atoms with Crippen LogP contribution in [0.5, 0.6) is 0 Å². The predicted octanol–water partition coefficient (Wildman–Crippen LogP) is 0.414. The molecule has 0 spiro atoms. The van der Waals surface area contributed by atoms with Gasteiger partial charge in [0.2, 0.25) is 5.91 Å². The SMILES string of the molecule is C[C@H](N)c1cncn1CC(C)(C)C(N)=O. The van der Waals surface area contributed by atoms with Crippen molar-refractivity contribution in [2.24, 2.45) is 16.9 Å². The number of carbonyl (C=O) groups excluding carboxylic acids is 1. The third-order valence-corrected chi connectivity index (χ3v) is 2.44. The zero-order valence-electron chi connectivity index (χ0n) is 9.40. The maximum Gasteiger partial charge on any atom is 0.224 e. The average molecular weight is 210 g/mol. The topological polar surface area (TPSA) is 86.9 Å². The molecule has 1 atom stereocenters. The molecule has 0 saturated carbocycles. The summed E-state index contributed by atoms with van der Waals surface area (Å²) < 4.78 is 1.87. The smallest absolute Gasteiger partial charge is 0.224 e. The van der Waals surface area contributed by atoms with E-state index in [-0.39, 0.29) is 11.9 Å². The summed E-state index contributed by atoms with van der Waals surface area (Å²) in [6, 6.07) is -0.101. The Morgan fingerprint density at radius 3 is 2.73 bits per heavy atom. The Morgan fingerprint density at radius 2 is 2.27 bits per heavy atom. The molecule has 4 N–H and O–H groups in total. The van der Waals surface area contributed by atoms with Crippen LogP contribution in [0, 0.1) is 5.41 Å². The van der Waals surface area contributed by atoms with E-state index in [0.29, 0.717) is 6.54 Å². The van der Waals surface area contributed by atoms with E-state index in [9.17, 15) is 4.79 Å². The van der Waals surface area contributed by atoms with Crippen molar-refractivity contribution in [2.75, 3.05) is 0 Å². The highest BCUT2D eigenvalue weighted by molar-refractivity contribution is 5.79. The van der Waals surface area contributed by atoms with Crippen LogP contribution in [-0.2, 0) is 11.3 Å². The molecule has 0 aliphatic carbocycles. The normalized spacial score (nSPS) is 13.9. The average Bonchev–Trinajstić information content (AvgIpc) is 2.51. The van der Waals surface area contributed by atoms with Gasteiger partial charge in [0.1, 0.15) is 0 Å². The van der Waals surface area contributed by atoms with Crippen molar-refractivity contribution in [3.8, 4) is 0 Å². The van der Waals surface area contributed by atoms with E-state index in [1.165, 1.54) is 0 Å². The highest BCUT2D eigenvalue weighted by atomic mass is 16.1. The molecule has 0 saturated heterocycles. The minimum atomic E-state index is -0.593. The molecule has 5 heteroatoms. The van der Waals surface area contributed by atoms with E-state index in [1.54, 1.807) is 26.4 Å².